The zero-order valence-corrected chi connectivity index (χ0v) is 12.0. The minimum Gasteiger partial charge on any atom is -0.455 e. The fraction of sp³-hybridized carbons (Fsp3) is 0. The molecule has 4 nitrogen and oxygen atoms in total. The van der Waals surface area contributed by atoms with Crippen LogP contribution in [0.15, 0.2) is 52.1 Å². The molecule has 0 bridgehead atoms. The summed E-state index contributed by atoms with van der Waals surface area (Å²) in [6.07, 6.45) is 0. The summed E-state index contributed by atoms with van der Waals surface area (Å²) in [5, 5.41) is 12.3. The molecule has 2 rings (SSSR count). The molecular formula is C13H10BrClN2O2. The first-order valence-corrected chi connectivity index (χ1v) is 6.48. The Morgan fingerprint density at radius 2 is 1.95 bits per heavy atom. The molecule has 0 radical (unpaired) electrons. The summed E-state index contributed by atoms with van der Waals surface area (Å²) in [4.78, 5) is 0. The molecule has 0 aliphatic carbocycles. The molecule has 0 aliphatic rings. The van der Waals surface area contributed by atoms with Crippen LogP contribution < -0.4 is 10.5 Å². The predicted molar refractivity (Wildman–Crippen MR) is 78.2 cm³/mol. The summed E-state index contributed by atoms with van der Waals surface area (Å²) >= 11 is 9.23. The van der Waals surface area contributed by atoms with Gasteiger partial charge in [-0.15, -0.1) is 0 Å². The maximum absolute atomic E-state index is 8.75. The van der Waals surface area contributed by atoms with Crippen LogP contribution in [0.1, 0.15) is 5.56 Å². The van der Waals surface area contributed by atoms with Gasteiger partial charge in [-0.2, -0.15) is 0 Å². The molecular weight excluding hydrogens is 332 g/mol. The Morgan fingerprint density at radius 1 is 1.21 bits per heavy atom. The van der Waals surface area contributed by atoms with E-state index >= 15 is 0 Å². The average molecular weight is 342 g/mol. The van der Waals surface area contributed by atoms with Gasteiger partial charge in [-0.25, -0.2) is 0 Å². The highest BCUT2D eigenvalue weighted by Gasteiger charge is 2.10. The van der Waals surface area contributed by atoms with Crippen molar-refractivity contribution in [2.24, 2.45) is 10.9 Å². The second-order valence-electron chi connectivity index (χ2n) is 3.66. The Balaban J connectivity index is 2.38. The van der Waals surface area contributed by atoms with Crippen molar-refractivity contribution < 1.29 is 9.94 Å². The smallest absolute Gasteiger partial charge is 0.173 e. The lowest BCUT2D eigenvalue weighted by Gasteiger charge is -2.11. The highest BCUT2D eigenvalue weighted by Crippen LogP contribution is 2.33. The fourth-order valence-corrected chi connectivity index (χ4v) is 2.26. The Morgan fingerprint density at radius 3 is 2.63 bits per heavy atom. The van der Waals surface area contributed by atoms with E-state index in [4.69, 9.17) is 27.3 Å². The summed E-state index contributed by atoms with van der Waals surface area (Å²) in [5.74, 6) is 1.06. The van der Waals surface area contributed by atoms with Crippen molar-refractivity contribution in [1.29, 1.82) is 0 Å². The maximum Gasteiger partial charge on any atom is 0.173 e. The number of nitrogens with two attached hydrogens (primary N) is 1. The molecule has 0 heterocycles. The first-order chi connectivity index (χ1) is 9.11. The van der Waals surface area contributed by atoms with Gasteiger partial charge in [0.2, 0.25) is 0 Å². The summed E-state index contributed by atoms with van der Waals surface area (Å²) in [5.41, 5.74) is 6.10. The molecule has 2 aromatic carbocycles. The van der Waals surface area contributed by atoms with E-state index in [0.717, 1.165) is 0 Å². The number of halogens is 2. The van der Waals surface area contributed by atoms with E-state index in [1.807, 2.05) is 0 Å². The Kier molecular flexibility index (Phi) is 4.29. The average Bonchev–Trinajstić information content (AvgIpc) is 2.41. The molecule has 0 atom stereocenters. The van der Waals surface area contributed by atoms with Crippen LogP contribution in [0.5, 0.6) is 11.5 Å². The van der Waals surface area contributed by atoms with Gasteiger partial charge in [-0.3, -0.25) is 0 Å². The lowest BCUT2D eigenvalue weighted by molar-refractivity contribution is 0.318. The van der Waals surface area contributed by atoms with Crippen LogP contribution in [0.2, 0.25) is 5.02 Å². The molecule has 6 heteroatoms. The van der Waals surface area contributed by atoms with Crippen molar-refractivity contribution in [3.05, 3.63) is 57.5 Å². The third-order valence-corrected chi connectivity index (χ3v) is 3.24. The van der Waals surface area contributed by atoms with E-state index in [1.54, 1.807) is 42.5 Å². The highest BCUT2D eigenvalue weighted by molar-refractivity contribution is 9.10. The Labute approximate surface area is 123 Å². The molecule has 0 aromatic heterocycles. The van der Waals surface area contributed by atoms with E-state index in [-0.39, 0.29) is 5.84 Å². The van der Waals surface area contributed by atoms with Crippen LogP contribution in [0, 0.1) is 0 Å². The van der Waals surface area contributed by atoms with Gasteiger partial charge in [0.05, 0.1) is 10.0 Å². The molecule has 0 spiro atoms. The number of hydrogen-bond acceptors (Lipinski definition) is 3. The first kappa shape index (κ1) is 13.7. The second kappa shape index (κ2) is 5.95. The van der Waals surface area contributed by atoms with Crippen molar-refractivity contribution in [3.63, 3.8) is 0 Å². The highest BCUT2D eigenvalue weighted by atomic mass is 79.9. The Hall–Kier alpha value is -1.72. The number of hydrogen-bond donors (Lipinski definition) is 2. The number of amidine groups is 1. The van der Waals surface area contributed by atoms with Crippen LogP contribution in [-0.2, 0) is 0 Å². The van der Waals surface area contributed by atoms with Crippen LogP contribution in [0.4, 0.5) is 0 Å². The van der Waals surface area contributed by atoms with Gasteiger partial charge in [0.1, 0.15) is 11.5 Å². The lowest BCUT2D eigenvalue weighted by atomic mass is 10.2. The minimum atomic E-state index is -0.0133. The van der Waals surface area contributed by atoms with Gasteiger partial charge >= 0.3 is 0 Å². The number of ether oxygens (including phenoxy) is 1. The molecule has 0 fully saturated rings. The zero-order chi connectivity index (χ0) is 13.8. The van der Waals surface area contributed by atoms with Crippen molar-refractivity contribution in [2.45, 2.75) is 0 Å². The quantitative estimate of drug-likeness (QED) is 0.384. The van der Waals surface area contributed by atoms with Crippen molar-refractivity contribution in [2.75, 3.05) is 0 Å². The van der Waals surface area contributed by atoms with Crippen LogP contribution >= 0.6 is 27.5 Å². The van der Waals surface area contributed by atoms with Crippen LogP contribution in [0.3, 0.4) is 0 Å². The largest absolute Gasteiger partial charge is 0.455 e. The first-order valence-electron chi connectivity index (χ1n) is 5.31. The number of oxime groups is 1. The molecule has 0 aliphatic heterocycles. The molecule has 3 N–H and O–H groups in total. The number of para-hydroxylation sites is 1. The molecule has 0 amide bonds. The van der Waals surface area contributed by atoms with Gasteiger partial charge in [-0.05, 0) is 46.3 Å². The summed E-state index contributed by atoms with van der Waals surface area (Å²) in [7, 11) is 0. The van der Waals surface area contributed by atoms with Crippen LogP contribution in [-0.4, -0.2) is 11.0 Å². The molecule has 0 saturated carbocycles. The van der Waals surface area contributed by atoms with E-state index in [0.29, 0.717) is 26.6 Å². The van der Waals surface area contributed by atoms with Gasteiger partial charge in [0.15, 0.2) is 5.84 Å². The van der Waals surface area contributed by atoms with Gasteiger partial charge in [0.25, 0.3) is 0 Å². The van der Waals surface area contributed by atoms with Gasteiger partial charge < -0.3 is 15.7 Å². The lowest BCUT2D eigenvalue weighted by Crippen LogP contribution is -2.14. The van der Waals surface area contributed by atoms with E-state index in [9.17, 15) is 0 Å². The summed E-state index contributed by atoms with van der Waals surface area (Å²) in [6, 6.07) is 12.2. The molecule has 0 saturated heterocycles. The SMILES string of the molecule is N/C(=N\O)c1ccccc1Oc1ccc(Cl)cc1Br. The zero-order valence-electron chi connectivity index (χ0n) is 9.68. The Bertz CT molecular complexity index is 632. The maximum atomic E-state index is 8.75. The van der Waals surface area contributed by atoms with E-state index in [2.05, 4.69) is 21.1 Å². The topological polar surface area (TPSA) is 67.8 Å². The van der Waals surface area contributed by atoms with Gasteiger partial charge in [-0.1, -0.05) is 28.9 Å². The van der Waals surface area contributed by atoms with Crippen molar-refractivity contribution in [1.82, 2.24) is 0 Å². The van der Waals surface area contributed by atoms with Crippen molar-refractivity contribution in [3.8, 4) is 11.5 Å². The third-order valence-electron chi connectivity index (χ3n) is 2.38. The number of rotatable bonds is 3. The standard InChI is InChI=1S/C13H10BrClN2O2/c14-10-7-8(15)5-6-12(10)19-11-4-2-1-3-9(11)13(16)17-18/h1-7,18H,(H2,16,17). The molecule has 98 valence electrons. The monoisotopic (exact) mass is 340 g/mol. The fourth-order valence-electron chi connectivity index (χ4n) is 1.50. The molecule has 0 unspecified atom stereocenters. The van der Waals surface area contributed by atoms with Crippen molar-refractivity contribution >= 4 is 33.4 Å². The number of nitrogens with zero attached hydrogens (tertiary/aromatic N) is 1. The predicted octanol–water partition coefficient (Wildman–Crippen LogP) is 3.99. The normalized spacial score (nSPS) is 11.4. The van der Waals surface area contributed by atoms with E-state index in [1.165, 1.54) is 0 Å². The minimum absolute atomic E-state index is 0.0133. The number of benzene rings is 2. The van der Waals surface area contributed by atoms with Crippen LogP contribution in [0.25, 0.3) is 0 Å². The summed E-state index contributed by atoms with van der Waals surface area (Å²) in [6.45, 7) is 0. The molecule has 19 heavy (non-hydrogen) atoms. The molecule has 2 aromatic rings. The van der Waals surface area contributed by atoms with E-state index < -0.39 is 0 Å². The summed E-state index contributed by atoms with van der Waals surface area (Å²) < 4.78 is 6.46. The van der Waals surface area contributed by atoms with Gasteiger partial charge in [0, 0.05) is 5.02 Å². The second-order valence-corrected chi connectivity index (χ2v) is 4.95. The third kappa shape index (κ3) is 3.19.